The lowest BCUT2D eigenvalue weighted by Crippen LogP contribution is -2.29. The van der Waals surface area contributed by atoms with E-state index in [9.17, 15) is 19.4 Å². The van der Waals surface area contributed by atoms with E-state index in [1.807, 2.05) is 0 Å². The Morgan fingerprint density at radius 3 is 1.56 bits per heavy atom. The number of carbonyl (C=O) groups is 1. The summed E-state index contributed by atoms with van der Waals surface area (Å²) in [5.74, 6) is -0.426. The van der Waals surface area contributed by atoms with E-state index in [0.717, 1.165) is 70.6 Å². The molecule has 10 heteroatoms. The predicted molar refractivity (Wildman–Crippen MR) is 223 cm³/mol. The largest absolute Gasteiger partial charge is 0.472 e. The first-order valence-corrected chi connectivity index (χ1v) is 22.4. The van der Waals surface area contributed by atoms with Crippen molar-refractivity contribution < 1.29 is 43.0 Å². The van der Waals surface area contributed by atoms with Crippen molar-refractivity contribution in [2.24, 2.45) is 0 Å². The first-order chi connectivity index (χ1) is 26.3. The molecule has 3 atom stereocenters. The fourth-order valence-corrected chi connectivity index (χ4v) is 6.03. The summed E-state index contributed by atoms with van der Waals surface area (Å²) in [5.41, 5.74) is 0. The molecule has 0 heterocycles. The number of carbonyl (C=O) groups excluding carboxylic acids is 1. The number of allylic oxidation sites excluding steroid dienone is 12. The standard InChI is InChI=1S/C44H77O9P/c1-3-5-7-9-11-13-15-17-18-19-20-21-22-23-24-25-26-28-30-32-34-36-44(47)53-43(41-52-54(48,49)51-39-42(46)38-45)40-50-37-35-33-31-29-27-16-14-12-10-8-6-4-2/h5,7,11,13,17-18,20-21,23-24,26,28,42-43,45-46H,3-4,6,8-10,12,14-16,19,22,25,27,29-41H2,1-2H3,(H,48,49)/b7-5-,13-11-,18-17-,21-20-,24-23-,28-26-. The number of esters is 1. The number of hydrogen-bond acceptors (Lipinski definition) is 8. The summed E-state index contributed by atoms with van der Waals surface area (Å²) in [5, 5.41) is 18.3. The van der Waals surface area contributed by atoms with Gasteiger partial charge in [-0.1, -0.05) is 157 Å². The lowest BCUT2D eigenvalue weighted by Gasteiger charge is -2.20. The van der Waals surface area contributed by atoms with E-state index < -0.39 is 45.8 Å². The van der Waals surface area contributed by atoms with Gasteiger partial charge in [0, 0.05) is 13.0 Å². The highest BCUT2D eigenvalue weighted by Gasteiger charge is 2.26. The number of phosphoric ester groups is 1. The maximum atomic E-state index is 12.6. The summed E-state index contributed by atoms with van der Waals surface area (Å²) < 4.78 is 33.3. The van der Waals surface area contributed by atoms with E-state index in [1.54, 1.807) is 0 Å². The zero-order chi connectivity index (χ0) is 39.6. The second kappa shape index (κ2) is 40.6. The van der Waals surface area contributed by atoms with Gasteiger partial charge in [-0.3, -0.25) is 13.8 Å². The molecule has 0 bridgehead atoms. The molecule has 0 aromatic rings. The number of ether oxygens (including phenoxy) is 2. The van der Waals surface area contributed by atoms with Gasteiger partial charge in [0.1, 0.15) is 12.2 Å². The number of hydrogen-bond donors (Lipinski definition) is 3. The predicted octanol–water partition coefficient (Wildman–Crippen LogP) is 11.4. The average Bonchev–Trinajstić information content (AvgIpc) is 3.16. The zero-order valence-corrected chi connectivity index (χ0v) is 34.8. The number of rotatable bonds is 39. The van der Waals surface area contributed by atoms with E-state index in [-0.39, 0.29) is 13.0 Å². The van der Waals surface area contributed by atoms with Crippen LogP contribution in [-0.4, -0.2) is 66.3 Å². The Balaban J connectivity index is 4.29. The van der Waals surface area contributed by atoms with Crippen LogP contribution < -0.4 is 0 Å². The van der Waals surface area contributed by atoms with Crippen LogP contribution in [0.2, 0.25) is 0 Å². The molecular weight excluding hydrogens is 703 g/mol. The molecule has 0 spiro atoms. The van der Waals surface area contributed by atoms with E-state index in [0.29, 0.717) is 13.0 Å². The molecule has 0 amide bonds. The molecule has 0 rings (SSSR count). The highest BCUT2D eigenvalue weighted by atomic mass is 31.2. The minimum absolute atomic E-state index is 0.0293. The maximum Gasteiger partial charge on any atom is 0.472 e. The topological polar surface area (TPSA) is 132 Å². The fourth-order valence-electron chi connectivity index (χ4n) is 5.24. The lowest BCUT2D eigenvalue weighted by molar-refractivity contribution is -0.154. The highest BCUT2D eigenvalue weighted by molar-refractivity contribution is 7.47. The van der Waals surface area contributed by atoms with Gasteiger partial charge in [-0.15, -0.1) is 0 Å². The normalized spacial score (nSPS) is 14.8. The Hall–Kier alpha value is -2.10. The summed E-state index contributed by atoms with van der Waals surface area (Å²) in [4.78, 5) is 22.5. The van der Waals surface area contributed by atoms with Crippen molar-refractivity contribution in [2.75, 3.05) is 33.0 Å². The molecule has 0 aliphatic rings. The molecule has 9 nitrogen and oxygen atoms in total. The first-order valence-electron chi connectivity index (χ1n) is 20.9. The van der Waals surface area contributed by atoms with Crippen molar-refractivity contribution in [1.82, 2.24) is 0 Å². The van der Waals surface area contributed by atoms with Gasteiger partial charge in [0.15, 0.2) is 0 Å². The van der Waals surface area contributed by atoms with E-state index in [1.165, 1.54) is 57.8 Å². The minimum atomic E-state index is -4.53. The second-order valence-electron chi connectivity index (χ2n) is 13.6. The Morgan fingerprint density at radius 1 is 0.593 bits per heavy atom. The van der Waals surface area contributed by atoms with Crippen molar-refractivity contribution in [3.63, 3.8) is 0 Å². The number of aliphatic hydroxyl groups excluding tert-OH is 2. The van der Waals surface area contributed by atoms with Gasteiger partial charge in [-0.2, -0.15) is 0 Å². The summed E-state index contributed by atoms with van der Waals surface area (Å²) in [7, 11) is -4.53. The van der Waals surface area contributed by atoms with Crippen LogP contribution in [0, 0.1) is 0 Å². The SMILES string of the molecule is CC/C=C\C/C=C\C/C=C\C/C=C\C/C=C\C/C=C\CCCCC(=O)OC(COCCCCCCCCCCCCCC)COP(=O)(O)OCC(O)CO. The molecule has 0 aromatic heterocycles. The monoisotopic (exact) mass is 781 g/mol. The number of unbranched alkanes of at least 4 members (excludes halogenated alkanes) is 13. The minimum Gasteiger partial charge on any atom is -0.457 e. The molecule has 54 heavy (non-hydrogen) atoms. The van der Waals surface area contributed by atoms with Gasteiger partial charge in [0.25, 0.3) is 0 Å². The molecule has 0 fully saturated rings. The summed E-state index contributed by atoms with van der Waals surface area (Å²) in [6.45, 7) is 3.33. The van der Waals surface area contributed by atoms with Crippen LogP contribution >= 0.6 is 7.82 Å². The second-order valence-corrected chi connectivity index (χ2v) is 15.1. The van der Waals surface area contributed by atoms with Crippen molar-refractivity contribution in [1.29, 1.82) is 0 Å². The summed E-state index contributed by atoms with van der Waals surface area (Å²) >= 11 is 0. The average molecular weight is 781 g/mol. The Bertz CT molecular complexity index is 1070. The van der Waals surface area contributed by atoms with Gasteiger partial charge in [-0.25, -0.2) is 4.57 Å². The van der Waals surface area contributed by atoms with Gasteiger partial charge < -0.3 is 24.6 Å². The maximum absolute atomic E-state index is 12.6. The number of phosphoric acid groups is 1. The van der Waals surface area contributed by atoms with Gasteiger partial charge >= 0.3 is 13.8 Å². The molecule has 0 aliphatic heterocycles. The van der Waals surface area contributed by atoms with Crippen LogP contribution in [0.3, 0.4) is 0 Å². The van der Waals surface area contributed by atoms with Crippen LogP contribution in [0.5, 0.6) is 0 Å². The number of aliphatic hydroxyl groups is 2. The summed E-state index contributed by atoms with van der Waals surface area (Å²) in [6.07, 6.45) is 47.2. The molecule has 3 unspecified atom stereocenters. The third-order valence-electron chi connectivity index (χ3n) is 8.41. The van der Waals surface area contributed by atoms with Gasteiger partial charge in [0.05, 0.1) is 26.4 Å². The Kier molecular flexibility index (Phi) is 39.0. The lowest BCUT2D eigenvalue weighted by atomic mass is 10.1. The molecule has 3 N–H and O–H groups in total. The molecule has 0 aromatic carbocycles. The van der Waals surface area contributed by atoms with Crippen LogP contribution in [0.25, 0.3) is 0 Å². The van der Waals surface area contributed by atoms with E-state index in [2.05, 4.69) is 86.8 Å². The molecule has 312 valence electrons. The molecule has 0 saturated heterocycles. The highest BCUT2D eigenvalue weighted by Crippen LogP contribution is 2.43. The van der Waals surface area contributed by atoms with Crippen molar-refractivity contribution in [3.05, 3.63) is 72.9 Å². The van der Waals surface area contributed by atoms with Crippen LogP contribution in [-0.2, 0) is 27.9 Å². The first kappa shape index (κ1) is 51.9. The smallest absolute Gasteiger partial charge is 0.457 e. The van der Waals surface area contributed by atoms with Gasteiger partial charge in [0.2, 0.25) is 0 Å². The molecule has 0 saturated carbocycles. The van der Waals surface area contributed by atoms with Gasteiger partial charge in [-0.05, 0) is 64.2 Å². The molecular formula is C44H77O9P. The molecule has 0 aliphatic carbocycles. The quantitative estimate of drug-likeness (QED) is 0.0241. The van der Waals surface area contributed by atoms with Crippen LogP contribution in [0.15, 0.2) is 72.9 Å². The van der Waals surface area contributed by atoms with E-state index in [4.69, 9.17) is 23.6 Å². The Morgan fingerprint density at radius 2 is 1.06 bits per heavy atom. The fraction of sp³-hybridized carbons (Fsp3) is 0.705. The van der Waals surface area contributed by atoms with Crippen LogP contribution in [0.1, 0.15) is 155 Å². The molecule has 0 radical (unpaired) electrons. The summed E-state index contributed by atoms with van der Waals surface area (Å²) in [6, 6.07) is 0. The van der Waals surface area contributed by atoms with Crippen molar-refractivity contribution in [3.8, 4) is 0 Å². The van der Waals surface area contributed by atoms with Crippen LogP contribution in [0.4, 0.5) is 0 Å². The third kappa shape index (κ3) is 39.6. The van der Waals surface area contributed by atoms with Crippen molar-refractivity contribution >= 4 is 13.8 Å². The van der Waals surface area contributed by atoms with E-state index >= 15 is 0 Å². The zero-order valence-electron chi connectivity index (χ0n) is 33.9. The van der Waals surface area contributed by atoms with Crippen molar-refractivity contribution in [2.45, 2.75) is 167 Å². The third-order valence-corrected chi connectivity index (χ3v) is 9.36. The Labute approximate surface area is 329 Å².